The Hall–Kier alpha value is -2.37. The fourth-order valence-corrected chi connectivity index (χ4v) is 3.57. The van der Waals surface area contributed by atoms with E-state index in [1.165, 1.54) is 11.6 Å². The summed E-state index contributed by atoms with van der Waals surface area (Å²) in [6.07, 6.45) is 0. The van der Waals surface area contributed by atoms with Crippen LogP contribution in [-0.2, 0) is 15.5 Å². The van der Waals surface area contributed by atoms with E-state index in [0.29, 0.717) is 11.1 Å². The molecule has 0 radical (unpaired) electrons. The molecule has 0 spiro atoms. The van der Waals surface area contributed by atoms with Gasteiger partial charge in [-0.1, -0.05) is 57.2 Å². The Bertz CT molecular complexity index is 1010. The summed E-state index contributed by atoms with van der Waals surface area (Å²) in [6, 6.07) is 18.4. The Morgan fingerprint density at radius 3 is 2.04 bits per heavy atom. The van der Waals surface area contributed by atoms with Crippen LogP contribution in [0.2, 0.25) is 0 Å². The average Bonchev–Trinajstić information content (AvgIpc) is 2.53. The first kappa shape index (κ1) is 17.5. The van der Waals surface area contributed by atoms with Gasteiger partial charge in [0.1, 0.15) is 4.90 Å². The van der Waals surface area contributed by atoms with Gasteiger partial charge in [0.15, 0.2) is 0 Å². The standard InChI is InChI=1S/C20H21NO3S/c1-20(2,3)15-10-12-16(13-11-15)21-17-8-4-6-14-7-5-9-18(19(14)17)25(22,23)24/h4-13,21H,1-3H3,(H,22,23,24). The van der Waals surface area contributed by atoms with Crippen molar-refractivity contribution in [2.24, 2.45) is 0 Å². The molecule has 0 heterocycles. The molecule has 0 saturated heterocycles. The number of nitrogens with one attached hydrogen (secondary N) is 1. The highest BCUT2D eigenvalue weighted by Gasteiger charge is 2.17. The number of fused-ring (bicyclic) bond motifs is 1. The lowest BCUT2D eigenvalue weighted by molar-refractivity contribution is 0.484. The van der Waals surface area contributed by atoms with E-state index in [9.17, 15) is 13.0 Å². The van der Waals surface area contributed by atoms with Crippen LogP contribution in [0.1, 0.15) is 26.3 Å². The van der Waals surface area contributed by atoms with Crippen LogP contribution in [0.4, 0.5) is 11.4 Å². The summed E-state index contributed by atoms with van der Waals surface area (Å²) in [7, 11) is -4.31. The first-order valence-electron chi connectivity index (χ1n) is 8.03. The Labute approximate surface area is 148 Å². The molecule has 0 saturated carbocycles. The van der Waals surface area contributed by atoms with Gasteiger partial charge in [-0.15, -0.1) is 0 Å². The van der Waals surface area contributed by atoms with Gasteiger partial charge in [-0.2, -0.15) is 8.42 Å². The van der Waals surface area contributed by atoms with Crippen molar-refractivity contribution in [2.45, 2.75) is 31.1 Å². The van der Waals surface area contributed by atoms with Crippen LogP contribution >= 0.6 is 0 Å². The molecule has 5 heteroatoms. The fourth-order valence-electron chi connectivity index (χ4n) is 2.83. The van der Waals surface area contributed by atoms with Gasteiger partial charge in [0.05, 0.1) is 0 Å². The molecule has 0 amide bonds. The van der Waals surface area contributed by atoms with E-state index >= 15 is 0 Å². The first-order valence-corrected chi connectivity index (χ1v) is 9.47. The Kier molecular flexibility index (Phi) is 4.31. The highest BCUT2D eigenvalue weighted by molar-refractivity contribution is 7.86. The van der Waals surface area contributed by atoms with Crippen LogP contribution in [0.3, 0.4) is 0 Å². The number of benzene rings is 3. The van der Waals surface area contributed by atoms with Gasteiger partial charge in [-0.3, -0.25) is 4.55 Å². The smallest absolute Gasteiger partial charge is 0.295 e. The van der Waals surface area contributed by atoms with Gasteiger partial charge < -0.3 is 5.32 Å². The minimum absolute atomic E-state index is 0.0656. The zero-order chi connectivity index (χ0) is 18.2. The third-order valence-electron chi connectivity index (χ3n) is 4.17. The van der Waals surface area contributed by atoms with Crippen molar-refractivity contribution in [1.29, 1.82) is 0 Å². The van der Waals surface area contributed by atoms with Crippen molar-refractivity contribution in [1.82, 2.24) is 0 Å². The van der Waals surface area contributed by atoms with Crippen molar-refractivity contribution >= 4 is 32.3 Å². The Morgan fingerprint density at radius 1 is 0.880 bits per heavy atom. The highest BCUT2D eigenvalue weighted by Crippen LogP contribution is 2.32. The van der Waals surface area contributed by atoms with E-state index in [4.69, 9.17) is 0 Å². The quantitative estimate of drug-likeness (QED) is 0.639. The van der Waals surface area contributed by atoms with Gasteiger partial charge in [-0.25, -0.2) is 0 Å². The van der Waals surface area contributed by atoms with Gasteiger partial charge in [-0.05, 0) is 40.6 Å². The number of hydrogen-bond donors (Lipinski definition) is 2. The zero-order valence-electron chi connectivity index (χ0n) is 14.4. The second kappa shape index (κ2) is 6.17. The lowest BCUT2D eigenvalue weighted by Crippen LogP contribution is -2.10. The van der Waals surface area contributed by atoms with Gasteiger partial charge >= 0.3 is 0 Å². The van der Waals surface area contributed by atoms with E-state index in [0.717, 1.165) is 11.1 Å². The summed E-state index contributed by atoms with van der Waals surface area (Å²) in [5, 5.41) is 4.48. The third-order valence-corrected chi connectivity index (χ3v) is 5.07. The molecule has 4 nitrogen and oxygen atoms in total. The molecule has 0 bridgehead atoms. The summed E-state index contributed by atoms with van der Waals surface area (Å²) in [5.41, 5.74) is 2.77. The largest absolute Gasteiger partial charge is 0.355 e. The van der Waals surface area contributed by atoms with Crippen LogP contribution in [0, 0.1) is 0 Å². The van der Waals surface area contributed by atoms with Crippen molar-refractivity contribution in [3.05, 3.63) is 66.2 Å². The van der Waals surface area contributed by atoms with Crippen LogP contribution in [0.25, 0.3) is 10.8 Å². The monoisotopic (exact) mass is 355 g/mol. The van der Waals surface area contributed by atoms with Crippen LogP contribution in [-0.4, -0.2) is 13.0 Å². The van der Waals surface area contributed by atoms with E-state index in [2.05, 4.69) is 38.2 Å². The van der Waals surface area contributed by atoms with Gasteiger partial charge in [0.25, 0.3) is 10.1 Å². The van der Waals surface area contributed by atoms with Gasteiger partial charge in [0, 0.05) is 16.8 Å². The lowest BCUT2D eigenvalue weighted by Gasteiger charge is -2.19. The Balaban J connectivity index is 2.08. The normalized spacial score (nSPS) is 12.3. The summed E-state index contributed by atoms with van der Waals surface area (Å²) in [6.45, 7) is 6.45. The lowest BCUT2D eigenvalue weighted by atomic mass is 9.87. The maximum absolute atomic E-state index is 11.7. The van der Waals surface area contributed by atoms with Crippen LogP contribution in [0.5, 0.6) is 0 Å². The predicted molar refractivity (Wildman–Crippen MR) is 102 cm³/mol. The summed E-state index contributed by atoms with van der Waals surface area (Å²) in [5.74, 6) is 0. The summed E-state index contributed by atoms with van der Waals surface area (Å²) >= 11 is 0. The number of rotatable bonds is 3. The minimum Gasteiger partial charge on any atom is -0.355 e. The summed E-state index contributed by atoms with van der Waals surface area (Å²) in [4.78, 5) is -0.0978. The molecule has 0 atom stereocenters. The molecule has 0 aliphatic heterocycles. The van der Waals surface area contributed by atoms with Crippen LogP contribution < -0.4 is 5.32 Å². The minimum atomic E-state index is -4.31. The maximum atomic E-state index is 11.7. The van der Waals surface area contributed by atoms with E-state index in [1.807, 2.05) is 30.3 Å². The van der Waals surface area contributed by atoms with Crippen molar-refractivity contribution in [3.63, 3.8) is 0 Å². The molecule has 3 aromatic carbocycles. The molecule has 2 N–H and O–H groups in total. The zero-order valence-corrected chi connectivity index (χ0v) is 15.3. The molecule has 3 rings (SSSR count). The SMILES string of the molecule is CC(C)(C)c1ccc(Nc2cccc3cccc(S(=O)(=O)O)c23)cc1. The highest BCUT2D eigenvalue weighted by atomic mass is 32.2. The molecular weight excluding hydrogens is 334 g/mol. The maximum Gasteiger partial charge on any atom is 0.295 e. The molecule has 0 aromatic heterocycles. The second-order valence-corrected chi connectivity index (χ2v) is 8.48. The molecule has 0 aliphatic rings. The van der Waals surface area contributed by atoms with Crippen molar-refractivity contribution in [3.8, 4) is 0 Å². The molecule has 25 heavy (non-hydrogen) atoms. The molecular formula is C20H21NO3S. The van der Waals surface area contributed by atoms with E-state index in [-0.39, 0.29) is 10.3 Å². The molecule has 0 aliphatic carbocycles. The Morgan fingerprint density at radius 2 is 1.48 bits per heavy atom. The van der Waals surface area contributed by atoms with E-state index < -0.39 is 10.1 Å². The second-order valence-electron chi connectivity index (χ2n) is 7.09. The summed E-state index contributed by atoms with van der Waals surface area (Å²) < 4.78 is 33.0. The predicted octanol–water partition coefficient (Wildman–Crippen LogP) is 5.13. The molecule has 3 aromatic rings. The third kappa shape index (κ3) is 3.67. The van der Waals surface area contributed by atoms with Crippen molar-refractivity contribution < 1.29 is 13.0 Å². The van der Waals surface area contributed by atoms with Crippen LogP contribution in [0.15, 0.2) is 65.6 Å². The number of anilines is 2. The van der Waals surface area contributed by atoms with Gasteiger partial charge in [0.2, 0.25) is 0 Å². The van der Waals surface area contributed by atoms with E-state index in [1.54, 1.807) is 12.1 Å². The number of hydrogen-bond acceptors (Lipinski definition) is 3. The molecule has 0 unspecified atom stereocenters. The topological polar surface area (TPSA) is 66.4 Å². The fraction of sp³-hybridized carbons (Fsp3) is 0.200. The first-order chi connectivity index (χ1) is 11.7. The molecule has 130 valence electrons. The average molecular weight is 355 g/mol. The van der Waals surface area contributed by atoms with Crippen molar-refractivity contribution in [2.75, 3.05) is 5.32 Å². The molecule has 0 fully saturated rings.